The number of phenols is 1. The first-order valence-electron chi connectivity index (χ1n) is 5.72. The van der Waals surface area contributed by atoms with Crippen LogP contribution in [0.4, 0.5) is 0 Å². The van der Waals surface area contributed by atoms with Gasteiger partial charge in [-0.2, -0.15) is 5.26 Å². The summed E-state index contributed by atoms with van der Waals surface area (Å²) >= 11 is 0. The number of rotatable bonds is 6. The average Bonchev–Trinajstić information content (AvgIpc) is 2.35. The summed E-state index contributed by atoms with van der Waals surface area (Å²) < 4.78 is 0. The van der Waals surface area contributed by atoms with Gasteiger partial charge < -0.3 is 10.2 Å². The zero-order valence-electron chi connectivity index (χ0n) is 10.2. The summed E-state index contributed by atoms with van der Waals surface area (Å²) in [5.41, 5.74) is 0.752. The lowest BCUT2D eigenvalue weighted by atomic mass is 10.1. The van der Waals surface area contributed by atoms with Gasteiger partial charge in [0.2, 0.25) is 0 Å². The highest BCUT2D eigenvalue weighted by Crippen LogP contribution is 2.22. The van der Waals surface area contributed by atoms with Crippen molar-refractivity contribution in [2.45, 2.75) is 19.4 Å². The zero-order valence-corrected chi connectivity index (χ0v) is 10.2. The first kappa shape index (κ1) is 14.0. The molecule has 1 aromatic rings. The van der Waals surface area contributed by atoms with Gasteiger partial charge in [-0.25, -0.2) is 0 Å². The topological polar surface area (TPSA) is 84.6 Å². The fraction of sp³-hybridized carbons (Fsp3) is 0.385. The predicted octanol–water partition coefficient (Wildman–Crippen LogP) is 1.75. The van der Waals surface area contributed by atoms with Crippen molar-refractivity contribution >= 4 is 5.97 Å². The molecule has 1 unspecified atom stereocenters. The summed E-state index contributed by atoms with van der Waals surface area (Å²) in [5.74, 6) is -0.736. The van der Waals surface area contributed by atoms with E-state index in [0.29, 0.717) is 13.1 Å². The minimum absolute atomic E-state index is 0.00407. The first-order valence-corrected chi connectivity index (χ1v) is 5.72. The van der Waals surface area contributed by atoms with Crippen LogP contribution in [0.15, 0.2) is 24.3 Å². The molecule has 0 amide bonds. The van der Waals surface area contributed by atoms with Crippen molar-refractivity contribution in [3.63, 3.8) is 0 Å². The molecule has 0 radical (unpaired) electrons. The maximum atomic E-state index is 10.6. The summed E-state index contributed by atoms with van der Waals surface area (Å²) in [7, 11) is 0. The number of phenolic OH excluding ortho intramolecular Hbond substituents is 1. The quantitative estimate of drug-likeness (QED) is 0.801. The fourth-order valence-electron chi connectivity index (χ4n) is 1.73. The van der Waals surface area contributed by atoms with E-state index < -0.39 is 12.0 Å². The lowest BCUT2D eigenvalue weighted by Gasteiger charge is -2.25. The molecule has 0 spiro atoms. The monoisotopic (exact) mass is 248 g/mol. The van der Waals surface area contributed by atoms with E-state index in [1.165, 1.54) is 12.1 Å². The fourth-order valence-corrected chi connectivity index (χ4v) is 1.73. The second-order valence-corrected chi connectivity index (χ2v) is 3.90. The standard InChI is InChI=1S/C13H16N2O3/c1-2-15(8-7-13(17)18)12(9-14)10-3-5-11(16)6-4-10/h3-6,12,16H,2,7-8H2,1H3,(H,17,18). The largest absolute Gasteiger partial charge is 0.508 e. The van der Waals surface area contributed by atoms with E-state index in [1.807, 2.05) is 6.92 Å². The molecule has 0 aliphatic heterocycles. The third-order valence-corrected chi connectivity index (χ3v) is 2.72. The van der Waals surface area contributed by atoms with Crippen molar-refractivity contribution in [3.8, 4) is 11.8 Å². The van der Waals surface area contributed by atoms with Crippen molar-refractivity contribution in [3.05, 3.63) is 29.8 Å². The number of nitrogens with zero attached hydrogens (tertiary/aromatic N) is 2. The van der Waals surface area contributed by atoms with Gasteiger partial charge in [-0.05, 0) is 24.2 Å². The van der Waals surface area contributed by atoms with Crippen LogP contribution in [-0.4, -0.2) is 34.2 Å². The normalized spacial score (nSPS) is 12.1. The Hall–Kier alpha value is -2.06. The molecular formula is C13H16N2O3. The summed E-state index contributed by atoms with van der Waals surface area (Å²) in [4.78, 5) is 12.4. The summed E-state index contributed by atoms with van der Waals surface area (Å²) in [6.07, 6.45) is 0.00407. The van der Waals surface area contributed by atoms with Gasteiger partial charge in [0.05, 0.1) is 12.5 Å². The molecule has 0 saturated carbocycles. The number of benzene rings is 1. The number of aliphatic carboxylic acids is 1. The lowest BCUT2D eigenvalue weighted by Crippen LogP contribution is -2.30. The highest BCUT2D eigenvalue weighted by atomic mass is 16.4. The number of hydrogen-bond acceptors (Lipinski definition) is 4. The Morgan fingerprint density at radius 2 is 2.06 bits per heavy atom. The SMILES string of the molecule is CCN(CCC(=O)O)C(C#N)c1ccc(O)cc1. The molecule has 2 N–H and O–H groups in total. The zero-order chi connectivity index (χ0) is 13.5. The number of aromatic hydroxyl groups is 1. The maximum absolute atomic E-state index is 10.6. The Kier molecular flexibility index (Phi) is 5.15. The smallest absolute Gasteiger partial charge is 0.304 e. The Morgan fingerprint density at radius 1 is 1.44 bits per heavy atom. The van der Waals surface area contributed by atoms with E-state index in [9.17, 15) is 15.2 Å². The number of carboxylic acids is 1. The number of carbonyl (C=O) groups is 1. The molecule has 0 bridgehead atoms. The second kappa shape index (κ2) is 6.62. The van der Waals surface area contributed by atoms with Crippen LogP contribution in [-0.2, 0) is 4.79 Å². The van der Waals surface area contributed by atoms with Crippen LogP contribution in [0, 0.1) is 11.3 Å². The van der Waals surface area contributed by atoms with Gasteiger partial charge in [-0.15, -0.1) is 0 Å². The molecule has 0 fully saturated rings. The molecule has 96 valence electrons. The molecule has 5 nitrogen and oxygen atoms in total. The highest BCUT2D eigenvalue weighted by molar-refractivity contribution is 5.66. The van der Waals surface area contributed by atoms with E-state index in [4.69, 9.17) is 5.11 Å². The van der Waals surface area contributed by atoms with Gasteiger partial charge in [-0.1, -0.05) is 19.1 Å². The van der Waals surface area contributed by atoms with Crippen LogP contribution < -0.4 is 0 Å². The summed E-state index contributed by atoms with van der Waals surface area (Å²) in [6.45, 7) is 2.80. The summed E-state index contributed by atoms with van der Waals surface area (Å²) in [6, 6.07) is 8.06. The third kappa shape index (κ3) is 3.75. The lowest BCUT2D eigenvalue weighted by molar-refractivity contribution is -0.137. The highest BCUT2D eigenvalue weighted by Gasteiger charge is 2.19. The van der Waals surface area contributed by atoms with Crippen LogP contribution in [0.1, 0.15) is 24.9 Å². The van der Waals surface area contributed by atoms with Gasteiger partial charge in [0.15, 0.2) is 0 Å². The van der Waals surface area contributed by atoms with Crippen LogP contribution in [0.25, 0.3) is 0 Å². The molecular weight excluding hydrogens is 232 g/mol. The molecule has 1 atom stereocenters. The molecule has 0 heterocycles. The van der Waals surface area contributed by atoms with Crippen LogP contribution in [0.3, 0.4) is 0 Å². The molecule has 0 aromatic heterocycles. The molecule has 1 rings (SSSR count). The van der Waals surface area contributed by atoms with Crippen molar-refractivity contribution < 1.29 is 15.0 Å². The Balaban J connectivity index is 2.83. The Labute approximate surface area is 106 Å². The summed E-state index contributed by atoms with van der Waals surface area (Å²) in [5, 5.41) is 27.1. The first-order chi connectivity index (χ1) is 8.58. The van der Waals surface area contributed by atoms with Crippen LogP contribution in [0.2, 0.25) is 0 Å². The van der Waals surface area contributed by atoms with Crippen molar-refractivity contribution in [1.29, 1.82) is 5.26 Å². The molecule has 1 aromatic carbocycles. The molecule has 18 heavy (non-hydrogen) atoms. The third-order valence-electron chi connectivity index (χ3n) is 2.72. The van der Waals surface area contributed by atoms with Crippen LogP contribution >= 0.6 is 0 Å². The maximum Gasteiger partial charge on any atom is 0.304 e. The molecule has 0 aliphatic carbocycles. The Bertz CT molecular complexity index is 437. The van der Waals surface area contributed by atoms with Gasteiger partial charge >= 0.3 is 5.97 Å². The Morgan fingerprint density at radius 3 is 2.50 bits per heavy atom. The minimum Gasteiger partial charge on any atom is -0.508 e. The van der Waals surface area contributed by atoms with Gasteiger partial charge in [0, 0.05) is 6.54 Å². The number of nitriles is 1. The van der Waals surface area contributed by atoms with Gasteiger partial charge in [0.1, 0.15) is 11.8 Å². The van der Waals surface area contributed by atoms with Crippen molar-refractivity contribution in [2.75, 3.05) is 13.1 Å². The second-order valence-electron chi connectivity index (χ2n) is 3.90. The predicted molar refractivity (Wildman–Crippen MR) is 66.0 cm³/mol. The van der Waals surface area contributed by atoms with Gasteiger partial charge in [-0.3, -0.25) is 9.69 Å². The van der Waals surface area contributed by atoms with Crippen molar-refractivity contribution in [2.24, 2.45) is 0 Å². The molecule has 0 aliphatic rings. The van der Waals surface area contributed by atoms with E-state index in [2.05, 4.69) is 6.07 Å². The van der Waals surface area contributed by atoms with E-state index in [1.54, 1.807) is 17.0 Å². The van der Waals surface area contributed by atoms with E-state index in [0.717, 1.165) is 5.56 Å². The van der Waals surface area contributed by atoms with Crippen molar-refractivity contribution in [1.82, 2.24) is 4.90 Å². The minimum atomic E-state index is -0.879. The molecule has 5 heteroatoms. The molecule has 0 saturated heterocycles. The van der Waals surface area contributed by atoms with E-state index in [-0.39, 0.29) is 12.2 Å². The number of carboxylic acid groups (broad SMARTS) is 1. The van der Waals surface area contributed by atoms with Crippen LogP contribution in [0.5, 0.6) is 5.75 Å². The average molecular weight is 248 g/mol. The van der Waals surface area contributed by atoms with Gasteiger partial charge in [0.25, 0.3) is 0 Å². The van der Waals surface area contributed by atoms with E-state index >= 15 is 0 Å². The number of hydrogen-bond donors (Lipinski definition) is 2.